The molecule has 0 aliphatic carbocycles. The normalized spacial score (nSPS) is 10.2. The molecule has 3 rings (SSSR count). The van der Waals surface area contributed by atoms with Gasteiger partial charge in [0.25, 0.3) is 0 Å². The van der Waals surface area contributed by atoms with E-state index in [0.29, 0.717) is 10.9 Å². The second-order valence-electron chi connectivity index (χ2n) is 4.85. The molecule has 3 N–H and O–H groups in total. The van der Waals surface area contributed by atoms with E-state index in [1.54, 1.807) is 7.11 Å². The highest BCUT2D eigenvalue weighted by atomic mass is 32.2. The summed E-state index contributed by atoms with van der Waals surface area (Å²) in [5.41, 5.74) is 7.83. The summed E-state index contributed by atoms with van der Waals surface area (Å²) in [5.74, 6) is 1.62. The van der Waals surface area contributed by atoms with Crippen molar-refractivity contribution >= 4 is 39.7 Å². The van der Waals surface area contributed by atoms with Crippen molar-refractivity contribution in [2.75, 3.05) is 18.2 Å². The smallest absolute Gasteiger partial charge is 0.189 e. The highest BCUT2D eigenvalue weighted by Crippen LogP contribution is 2.26. The molecule has 0 spiro atoms. The summed E-state index contributed by atoms with van der Waals surface area (Å²) < 4.78 is 5.14. The molecule has 9 heteroatoms. The van der Waals surface area contributed by atoms with Crippen LogP contribution in [0.1, 0.15) is 11.3 Å². The molecule has 0 unspecified atom stereocenters. The molecule has 3 aromatic rings. The quantitative estimate of drug-likeness (QED) is 0.501. The summed E-state index contributed by atoms with van der Waals surface area (Å²) >= 11 is 2.94. The van der Waals surface area contributed by atoms with Crippen LogP contribution < -0.4 is 15.8 Å². The van der Waals surface area contributed by atoms with Crippen LogP contribution in [0.2, 0.25) is 0 Å². The van der Waals surface area contributed by atoms with Gasteiger partial charge in [-0.1, -0.05) is 11.8 Å². The topological polar surface area (TPSA) is 110 Å². The highest BCUT2D eigenvalue weighted by molar-refractivity contribution is 7.98. The number of nitrogen functional groups attached to an aromatic ring is 1. The summed E-state index contributed by atoms with van der Waals surface area (Å²) in [5, 5.41) is 15.4. The Hall–Kier alpha value is -2.83. The summed E-state index contributed by atoms with van der Waals surface area (Å²) in [6.07, 6.45) is 1.43. The molecule has 0 bridgehead atoms. The summed E-state index contributed by atoms with van der Waals surface area (Å²) in [6.45, 7) is 0. The Labute approximate surface area is 152 Å². The van der Waals surface area contributed by atoms with Crippen molar-refractivity contribution in [2.45, 2.75) is 10.9 Å². The van der Waals surface area contributed by atoms with Gasteiger partial charge in [0.1, 0.15) is 23.2 Å². The lowest BCUT2D eigenvalue weighted by Crippen LogP contribution is -1.98. The van der Waals surface area contributed by atoms with E-state index in [4.69, 9.17) is 15.7 Å². The highest BCUT2D eigenvalue weighted by Gasteiger charge is 2.07. The van der Waals surface area contributed by atoms with E-state index in [-0.39, 0.29) is 11.4 Å². The number of aromatic nitrogens is 3. The lowest BCUT2D eigenvalue weighted by atomic mass is 10.3. The number of nitrogens with zero attached hydrogens (tertiary/aromatic N) is 4. The Kier molecular flexibility index (Phi) is 5.33. The van der Waals surface area contributed by atoms with Gasteiger partial charge in [0, 0.05) is 16.8 Å². The minimum atomic E-state index is 0.195. The molecular formula is C16H14N6OS2. The van der Waals surface area contributed by atoms with Crippen LogP contribution in [0.3, 0.4) is 0 Å². The van der Waals surface area contributed by atoms with Gasteiger partial charge >= 0.3 is 0 Å². The Bertz CT molecular complexity index is 904. The van der Waals surface area contributed by atoms with Gasteiger partial charge in [0.05, 0.1) is 19.0 Å². The average Bonchev–Trinajstić information content (AvgIpc) is 3.08. The zero-order chi connectivity index (χ0) is 17.6. The zero-order valence-corrected chi connectivity index (χ0v) is 14.9. The monoisotopic (exact) mass is 370 g/mol. The first-order valence-electron chi connectivity index (χ1n) is 7.19. The van der Waals surface area contributed by atoms with Crippen LogP contribution in [0.15, 0.2) is 41.0 Å². The van der Waals surface area contributed by atoms with E-state index < -0.39 is 0 Å². The summed E-state index contributed by atoms with van der Waals surface area (Å²) in [4.78, 5) is 12.8. The lowest BCUT2D eigenvalue weighted by Gasteiger charge is -2.04. The first-order chi connectivity index (χ1) is 12.2. The fraction of sp³-hybridized carbons (Fsp3) is 0.125. The van der Waals surface area contributed by atoms with Gasteiger partial charge in [-0.15, -0.1) is 11.3 Å². The van der Waals surface area contributed by atoms with Gasteiger partial charge < -0.3 is 15.8 Å². The number of rotatable bonds is 6. The number of benzene rings is 1. The van der Waals surface area contributed by atoms with Crippen LogP contribution in [0.5, 0.6) is 5.75 Å². The van der Waals surface area contributed by atoms with Gasteiger partial charge in [-0.25, -0.2) is 15.0 Å². The van der Waals surface area contributed by atoms with E-state index in [2.05, 4.69) is 20.3 Å². The molecule has 0 atom stereocenters. The fourth-order valence-corrected chi connectivity index (χ4v) is 3.45. The van der Waals surface area contributed by atoms with Crippen molar-refractivity contribution in [1.82, 2.24) is 15.0 Å². The van der Waals surface area contributed by atoms with Crippen LogP contribution in [-0.2, 0) is 5.75 Å². The number of nitrogens with two attached hydrogens (primary N) is 1. The van der Waals surface area contributed by atoms with E-state index in [9.17, 15) is 0 Å². The van der Waals surface area contributed by atoms with Gasteiger partial charge in [-0.2, -0.15) is 5.26 Å². The number of methoxy groups -OCH3 is 1. The Morgan fingerprint density at radius 1 is 1.32 bits per heavy atom. The van der Waals surface area contributed by atoms with Gasteiger partial charge in [0.2, 0.25) is 0 Å². The second-order valence-corrected chi connectivity index (χ2v) is 6.65. The molecule has 0 saturated heterocycles. The largest absolute Gasteiger partial charge is 0.497 e. The predicted octanol–water partition coefficient (Wildman–Crippen LogP) is 3.43. The number of thioether (sulfide) groups is 1. The van der Waals surface area contributed by atoms with Gasteiger partial charge in [-0.3, -0.25) is 0 Å². The van der Waals surface area contributed by atoms with Crippen LogP contribution >= 0.6 is 23.1 Å². The molecule has 0 aliphatic heterocycles. The maximum absolute atomic E-state index is 8.83. The van der Waals surface area contributed by atoms with E-state index in [1.807, 2.05) is 35.7 Å². The second kappa shape index (κ2) is 7.83. The van der Waals surface area contributed by atoms with Crippen LogP contribution in [0.4, 0.5) is 16.6 Å². The third-order valence-corrected chi connectivity index (χ3v) is 4.86. The molecular weight excluding hydrogens is 356 g/mol. The van der Waals surface area contributed by atoms with Crippen molar-refractivity contribution in [3.05, 3.63) is 47.1 Å². The molecule has 0 amide bonds. The van der Waals surface area contributed by atoms with Crippen LogP contribution in [0.25, 0.3) is 0 Å². The molecule has 0 radical (unpaired) electrons. The van der Waals surface area contributed by atoms with Crippen molar-refractivity contribution in [2.24, 2.45) is 0 Å². The maximum Gasteiger partial charge on any atom is 0.189 e. The van der Waals surface area contributed by atoms with Crippen molar-refractivity contribution in [3.63, 3.8) is 0 Å². The van der Waals surface area contributed by atoms with Crippen molar-refractivity contribution < 1.29 is 4.74 Å². The van der Waals surface area contributed by atoms with E-state index in [1.165, 1.54) is 29.3 Å². The number of hydrogen-bond donors (Lipinski definition) is 2. The average molecular weight is 370 g/mol. The molecule has 25 heavy (non-hydrogen) atoms. The Morgan fingerprint density at radius 2 is 2.12 bits per heavy atom. The summed E-state index contributed by atoms with van der Waals surface area (Å²) in [6, 6.07) is 9.59. The molecule has 1 aromatic carbocycles. The number of ether oxygens (including phenoxy) is 1. The predicted molar refractivity (Wildman–Crippen MR) is 99.1 cm³/mol. The third-order valence-electron chi connectivity index (χ3n) is 3.16. The minimum absolute atomic E-state index is 0.195. The Balaban J connectivity index is 1.59. The third kappa shape index (κ3) is 4.37. The molecule has 0 saturated carbocycles. The van der Waals surface area contributed by atoms with Crippen LogP contribution in [-0.4, -0.2) is 22.1 Å². The number of nitriles is 1. The number of thiazole rings is 1. The lowest BCUT2D eigenvalue weighted by molar-refractivity contribution is 0.415. The SMILES string of the molecule is COc1ccc(Nc2nc(CSc3ncc(C#N)c(N)n3)cs2)cc1. The molecule has 126 valence electrons. The zero-order valence-electron chi connectivity index (χ0n) is 13.3. The van der Waals surface area contributed by atoms with Gasteiger partial charge in [-0.05, 0) is 24.3 Å². The first kappa shape index (κ1) is 17.0. The fourth-order valence-electron chi connectivity index (χ4n) is 1.90. The van der Waals surface area contributed by atoms with Gasteiger partial charge in [0.15, 0.2) is 10.3 Å². The standard InChI is InChI=1S/C16H14N6OS2/c1-23-13-4-2-11(3-5-13)20-16-21-12(9-25-16)8-24-15-19-7-10(6-17)14(18)22-15/h2-5,7,9H,8H2,1H3,(H,20,21)(H2,18,19,22). The summed E-state index contributed by atoms with van der Waals surface area (Å²) in [7, 11) is 1.64. The molecule has 0 aliphatic rings. The molecule has 2 aromatic heterocycles. The number of nitrogens with one attached hydrogen (secondary N) is 1. The number of hydrogen-bond acceptors (Lipinski definition) is 9. The van der Waals surface area contributed by atoms with E-state index in [0.717, 1.165) is 22.3 Å². The molecule has 2 heterocycles. The van der Waals surface area contributed by atoms with Crippen molar-refractivity contribution in [3.8, 4) is 11.8 Å². The maximum atomic E-state index is 8.83. The molecule has 7 nitrogen and oxygen atoms in total. The minimum Gasteiger partial charge on any atom is -0.497 e. The molecule has 0 fully saturated rings. The first-order valence-corrected chi connectivity index (χ1v) is 9.05. The van der Waals surface area contributed by atoms with E-state index >= 15 is 0 Å². The number of anilines is 3. The van der Waals surface area contributed by atoms with Crippen LogP contribution in [0, 0.1) is 11.3 Å². The Morgan fingerprint density at radius 3 is 2.80 bits per heavy atom. The van der Waals surface area contributed by atoms with Crippen molar-refractivity contribution in [1.29, 1.82) is 5.26 Å².